The number of hydrogen-bond donors (Lipinski definition) is 1. The third kappa shape index (κ3) is 1.77. The molecule has 11 heavy (non-hydrogen) atoms. The summed E-state index contributed by atoms with van der Waals surface area (Å²) in [5.41, 5.74) is 4.68. The Labute approximate surface area is 65.4 Å². The minimum atomic E-state index is -0.872. The van der Waals surface area contributed by atoms with Crippen molar-refractivity contribution in [2.24, 2.45) is 10.7 Å². The van der Waals surface area contributed by atoms with Crippen LogP contribution in [0.25, 0.3) is 0 Å². The van der Waals surface area contributed by atoms with E-state index in [-0.39, 0.29) is 11.7 Å². The molecule has 1 rings (SSSR count). The van der Waals surface area contributed by atoms with Gasteiger partial charge in [-0.1, -0.05) is 0 Å². The molecule has 0 spiro atoms. The van der Waals surface area contributed by atoms with E-state index in [2.05, 4.69) is 4.99 Å². The van der Waals surface area contributed by atoms with Crippen LogP contribution < -0.4 is 5.73 Å². The average Bonchev–Trinajstić information content (AvgIpc) is 2.34. The van der Waals surface area contributed by atoms with Gasteiger partial charge in [0.1, 0.15) is 6.61 Å². The van der Waals surface area contributed by atoms with E-state index in [0.717, 1.165) is 0 Å². The van der Waals surface area contributed by atoms with Crippen molar-refractivity contribution >= 4 is 11.7 Å². The average molecular weight is 156 g/mol. The molecule has 0 atom stereocenters. The Morgan fingerprint density at radius 2 is 2.36 bits per heavy atom. The van der Waals surface area contributed by atoms with Gasteiger partial charge in [-0.05, 0) is 13.8 Å². The van der Waals surface area contributed by atoms with Gasteiger partial charge >= 0.3 is 0 Å². The van der Waals surface area contributed by atoms with Crippen LogP contribution in [0.2, 0.25) is 0 Å². The molecule has 0 aromatic heterocycles. The highest BCUT2D eigenvalue weighted by Gasteiger charge is 2.29. The highest BCUT2D eigenvalue weighted by molar-refractivity contribution is 6.39. The predicted molar refractivity (Wildman–Crippen MR) is 41.5 cm³/mol. The quantitative estimate of drug-likeness (QED) is 0.598. The number of Topliss-reactive ketones (excluding diaryl/α,β-unsaturated/α-hetero) is 1. The summed E-state index contributed by atoms with van der Waals surface area (Å²) in [4.78, 5) is 15.2. The minimum Gasteiger partial charge on any atom is -0.473 e. The van der Waals surface area contributed by atoms with Crippen LogP contribution in [0.3, 0.4) is 0 Å². The number of carbonyl (C=O) groups is 1. The van der Waals surface area contributed by atoms with Gasteiger partial charge in [0.15, 0.2) is 0 Å². The first-order valence-electron chi connectivity index (χ1n) is 3.53. The second kappa shape index (κ2) is 2.62. The Morgan fingerprint density at radius 3 is 2.73 bits per heavy atom. The second-order valence-electron chi connectivity index (χ2n) is 3.09. The van der Waals surface area contributed by atoms with Gasteiger partial charge in [-0.15, -0.1) is 0 Å². The molecule has 0 aromatic carbocycles. The Morgan fingerprint density at radius 1 is 1.73 bits per heavy atom. The van der Waals surface area contributed by atoms with E-state index in [1.54, 1.807) is 13.8 Å². The first kappa shape index (κ1) is 8.20. The molecule has 0 saturated heterocycles. The molecular formula is C7H12N2O2. The lowest BCUT2D eigenvalue weighted by Gasteiger charge is -2.15. The van der Waals surface area contributed by atoms with Crippen LogP contribution in [0, 0.1) is 0 Å². The Bertz CT molecular complexity index is 203. The van der Waals surface area contributed by atoms with Crippen LogP contribution in [0.5, 0.6) is 0 Å². The zero-order valence-electron chi connectivity index (χ0n) is 6.76. The molecule has 62 valence electrons. The molecule has 0 radical (unpaired) electrons. The van der Waals surface area contributed by atoms with Crippen LogP contribution in [0.4, 0.5) is 0 Å². The smallest absolute Gasteiger partial charge is 0.255 e. The van der Waals surface area contributed by atoms with E-state index < -0.39 is 5.54 Å². The fourth-order valence-corrected chi connectivity index (χ4v) is 0.748. The molecule has 1 heterocycles. The van der Waals surface area contributed by atoms with Crippen LogP contribution in [0.1, 0.15) is 13.8 Å². The molecule has 2 N–H and O–H groups in total. The van der Waals surface area contributed by atoms with Crippen LogP contribution in [-0.2, 0) is 9.53 Å². The van der Waals surface area contributed by atoms with Crippen molar-refractivity contribution in [3.05, 3.63) is 0 Å². The van der Waals surface area contributed by atoms with Crippen molar-refractivity contribution in [2.45, 2.75) is 19.4 Å². The highest BCUT2D eigenvalue weighted by Crippen LogP contribution is 2.05. The predicted octanol–water partition coefficient (Wildman–Crippen LogP) is -0.279. The normalized spacial score (nSPS) is 17.5. The van der Waals surface area contributed by atoms with E-state index in [0.29, 0.717) is 13.2 Å². The van der Waals surface area contributed by atoms with Gasteiger partial charge in [0.05, 0.1) is 12.1 Å². The summed E-state index contributed by atoms with van der Waals surface area (Å²) in [7, 11) is 0. The number of hydrogen-bond acceptors (Lipinski definition) is 4. The second-order valence-corrected chi connectivity index (χ2v) is 3.09. The van der Waals surface area contributed by atoms with Gasteiger partial charge in [0.25, 0.3) is 5.90 Å². The highest BCUT2D eigenvalue weighted by atomic mass is 16.5. The maximum atomic E-state index is 11.3. The van der Waals surface area contributed by atoms with E-state index in [4.69, 9.17) is 10.5 Å². The lowest BCUT2D eigenvalue weighted by atomic mass is 10.0. The zero-order chi connectivity index (χ0) is 8.48. The van der Waals surface area contributed by atoms with Crippen LogP contribution in [0.15, 0.2) is 4.99 Å². The number of ketones is 1. The zero-order valence-corrected chi connectivity index (χ0v) is 6.76. The molecule has 0 aromatic rings. The van der Waals surface area contributed by atoms with Gasteiger partial charge in [-0.3, -0.25) is 4.79 Å². The number of carbonyl (C=O) groups excluding carboxylic acids is 1. The molecule has 0 bridgehead atoms. The van der Waals surface area contributed by atoms with Crippen molar-refractivity contribution in [2.75, 3.05) is 13.2 Å². The van der Waals surface area contributed by atoms with Gasteiger partial charge in [-0.2, -0.15) is 0 Å². The molecule has 0 saturated carbocycles. The molecule has 0 fully saturated rings. The number of aliphatic imine (C=N–C) groups is 1. The van der Waals surface area contributed by atoms with Gasteiger partial charge in [0, 0.05) is 0 Å². The largest absolute Gasteiger partial charge is 0.473 e. The number of nitrogens with two attached hydrogens (primary N) is 1. The molecule has 1 aliphatic heterocycles. The summed E-state index contributed by atoms with van der Waals surface area (Å²) in [5, 5.41) is 0. The molecular weight excluding hydrogens is 144 g/mol. The molecule has 0 amide bonds. The van der Waals surface area contributed by atoms with Crippen LogP contribution in [-0.4, -0.2) is 30.4 Å². The maximum Gasteiger partial charge on any atom is 0.255 e. The van der Waals surface area contributed by atoms with Gasteiger partial charge < -0.3 is 10.5 Å². The third-order valence-electron chi connectivity index (χ3n) is 1.36. The summed E-state index contributed by atoms with van der Waals surface area (Å²) in [6.45, 7) is 4.34. The fourth-order valence-electron chi connectivity index (χ4n) is 0.748. The summed E-state index contributed by atoms with van der Waals surface area (Å²) in [6.07, 6.45) is 0. The summed E-state index contributed by atoms with van der Waals surface area (Å²) in [6, 6.07) is 0. The van der Waals surface area contributed by atoms with Crippen molar-refractivity contribution in [1.29, 1.82) is 0 Å². The summed E-state index contributed by atoms with van der Waals surface area (Å²) >= 11 is 0. The Hall–Kier alpha value is -0.900. The first-order valence-corrected chi connectivity index (χ1v) is 3.53. The Kier molecular flexibility index (Phi) is 1.95. The van der Waals surface area contributed by atoms with Crippen molar-refractivity contribution in [3.8, 4) is 0 Å². The van der Waals surface area contributed by atoms with E-state index in [1.165, 1.54) is 0 Å². The number of ether oxygens (including phenoxy) is 1. The lowest BCUT2D eigenvalue weighted by Crippen LogP contribution is -2.45. The van der Waals surface area contributed by atoms with E-state index in [9.17, 15) is 4.79 Å². The number of nitrogens with zero attached hydrogens (tertiary/aromatic N) is 1. The fraction of sp³-hybridized carbons (Fsp3) is 0.714. The topological polar surface area (TPSA) is 64.7 Å². The minimum absolute atomic E-state index is 0.178. The molecule has 1 aliphatic rings. The number of rotatable bonds is 2. The molecule has 0 aliphatic carbocycles. The summed E-state index contributed by atoms with van der Waals surface area (Å²) < 4.78 is 4.96. The van der Waals surface area contributed by atoms with Crippen molar-refractivity contribution in [1.82, 2.24) is 0 Å². The Balaban J connectivity index is 2.68. The standard InChI is InChI=1S/C7H12N2O2/c1-7(2,8)5(10)6-9-3-4-11-6/h3-4,8H2,1-2H3. The molecule has 4 nitrogen and oxygen atoms in total. The lowest BCUT2D eigenvalue weighted by molar-refractivity contribution is -0.117. The maximum absolute atomic E-state index is 11.3. The first-order chi connectivity index (χ1) is 5.02. The van der Waals surface area contributed by atoms with Gasteiger partial charge in [-0.25, -0.2) is 4.99 Å². The summed E-state index contributed by atoms with van der Waals surface area (Å²) in [5.74, 6) is -0.0486. The van der Waals surface area contributed by atoms with Crippen LogP contribution >= 0.6 is 0 Å². The monoisotopic (exact) mass is 156 g/mol. The third-order valence-corrected chi connectivity index (χ3v) is 1.36. The van der Waals surface area contributed by atoms with Crippen molar-refractivity contribution < 1.29 is 9.53 Å². The van der Waals surface area contributed by atoms with E-state index >= 15 is 0 Å². The van der Waals surface area contributed by atoms with Gasteiger partial charge in [0.2, 0.25) is 5.78 Å². The SMILES string of the molecule is CC(C)(N)C(=O)C1=NCCO1. The van der Waals surface area contributed by atoms with Crippen molar-refractivity contribution in [3.63, 3.8) is 0 Å². The molecule has 4 heteroatoms. The van der Waals surface area contributed by atoms with E-state index in [1.807, 2.05) is 0 Å². The molecule has 0 unspecified atom stereocenters.